The van der Waals surface area contributed by atoms with Gasteiger partial charge in [0.15, 0.2) is 0 Å². The first-order chi connectivity index (χ1) is 11.8. The Morgan fingerprint density at radius 1 is 0.960 bits per heavy atom. The Kier molecular flexibility index (Phi) is 5.80. The Morgan fingerprint density at radius 3 is 2.04 bits per heavy atom. The van der Waals surface area contributed by atoms with Crippen LogP contribution >= 0.6 is 0 Å². The highest BCUT2D eigenvalue weighted by molar-refractivity contribution is 5.89. The topological polar surface area (TPSA) is 55.4 Å². The molecule has 0 unspecified atom stereocenters. The molecule has 0 atom stereocenters. The highest BCUT2D eigenvalue weighted by atomic mass is 19.4. The molecule has 1 N–H and O–H groups in total. The number of amides is 1. The molecule has 0 fully saturated rings. The number of rotatable bonds is 5. The summed E-state index contributed by atoms with van der Waals surface area (Å²) in [4.78, 5) is 22.8. The zero-order chi connectivity index (χ0) is 18.4. The summed E-state index contributed by atoms with van der Waals surface area (Å²) in [6.07, 6.45) is -4.39. The highest BCUT2D eigenvalue weighted by Gasteiger charge is 2.29. The fourth-order valence-corrected chi connectivity index (χ4v) is 2.01. The van der Waals surface area contributed by atoms with Gasteiger partial charge in [-0.15, -0.1) is 0 Å². The first-order valence-electron chi connectivity index (χ1n) is 7.42. The predicted octanol–water partition coefficient (Wildman–Crippen LogP) is 3.70. The number of alkyl halides is 3. The van der Waals surface area contributed by atoms with Gasteiger partial charge in [-0.3, -0.25) is 4.79 Å². The zero-order valence-corrected chi connectivity index (χ0v) is 13.4. The van der Waals surface area contributed by atoms with E-state index in [1.54, 1.807) is 24.3 Å². The van der Waals surface area contributed by atoms with E-state index in [1.165, 1.54) is 19.1 Å². The van der Waals surface area contributed by atoms with Gasteiger partial charge >= 0.3 is 12.1 Å². The molecule has 2 aromatic carbocycles. The quantitative estimate of drug-likeness (QED) is 0.836. The summed E-state index contributed by atoms with van der Waals surface area (Å²) in [7, 11) is 0. The normalized spacial score (nSPS) is 11.0. The number of ether oxygens (including phenoxy) is 1. The summed E-state index contributed by atoms with van der Waals surface area (Å²) in [5.74, 6) is -0.731. The van der Waals surface area contributed by atoms with Crippen molar-refractivity contribution in [2.24, 2.45) is 0 Å². The van der Waals surface area contributed by atoms with Crippen LogP contribution in [0.1, 0.15) is 34.0 Å². The molecule has 2 rings (SSSR count). The summed E-state index contributed by atoms with van der Waals surface area (Å²) < 4.78 is 42.5. The fraction of sp³-hybridized carbons (Fsp3) is 0.222. The van der Waals surface area contributed by atoms with Gasteiger partial charge in [-0.2, -0.15) is 13.2 Å². The van der Waals surface area contributed by atoms with Gasteiger partial charge in [0.05, 0.1) is 11.1 Å². The van der Waals surface area contributed by atoms with Crippen molar-refractivity contribution in [2.75, 3.05) is 0 Å². The van der Waals surface area contributed by atoms with E-state index in [1.807, 2.05) is 0 Å². The van der Waals surface area contributed by atoms with Gasteiger partial charge in [0.2, 0.25) is 5.91 Å². The van der Waals surface area contributed by atoms with Gasteiger partial charge in [-0.1, -0.05) is 24.3 Å². The molecule has 0 aliphatic rings. The number of esters is 1. The van der Waals surface area contributed by atoms with Crippen molar-refractivity contribution < 1.29 is 27.5 Å². The number of benzene rings is 2. The molecule has 0 aromatic heterocycles. The van der Waals surface area contributed by atoms with Crippen LogP contribution in [0.15, 0.2) is 48.5 Å². The number of halogens is 3. The van der Waals surface area contributed by atoms with E-state index in [-0.39, 0.29) is 12.5 Å². The largest absolute Gasteiger partial charge is 0.457 e. The van der Waals surface area contributed by atoms with E-state index in [2.05, 4.69) is 5.32 Å². The molecule has 0 radical (unpaired) electrons. The Bertz CT molecular complexity index is 738. The van der Waals surface area contributed by atoms with Crippen LogP contribution in [-0.4, -0.2) is 11.9 Å². The van der Waals surface area contributed by atoms with Crippen LogP contribution in [-0.2, 0) is 28.9 Å². The summed E-state index contributed by atoms with van der Waals surface area (Å²) in [6.45, 7) is 1.65. The summed E-state index contributed by atoms with van der Waals surface area (Å²) in [5, 5.41) is 2.64. The average molecular weight is 351 g/mol. The number of carbonyl (C=O) groups is 2. The van der Waals surface area contributed by atoms with Crippen LogP contribution in [0.3, 0.4) is 0 Å². The molecule has 0 bridgehead atoms. The molecule has 7 heteroatoms. The zero-order valence-electron chi connectivity index (χ0n) is 13.4. The smallest absolute Gasteiger partial charge is 0.416 e. The summed E-state index contributed by atoms with van der Waals surface area (Å²) in [6, 6.07) is 10.9. The second-order valence-corrected chi connectivity index (χ2v) is 5.38. The Hall–Kier alpha value is -2.83. The van der Waals surface area contributed by atoms with Crippen molar-refractivity contribution in [3.63, 3.8) is 0 Å². The molecule has 132 valence electrons. The van der Waals surface area contributed by atoms with Crippen LogP contribution in [0.4, 0.5) is 13.2 Å². The molecule has 0 spiro atoms. The summed E-state index contributed by atoms with van der Waals surface area (Å²) in [5.41, 5.74) is 0.856. The van der Waals surface area contributed by atoms with Gasteiger partial charge in [0.1, 0.15) is 6.61 Å². The van der Waals surface area contributed by atoms with Crippen LogP contribution < -0.4 is 5.32 Å². The third-order valence-corrected chi connectivity index (χ3v) is 3.38. The summed E-state index contributed by atoms with van der Waals surface area (Å²) >= 11 is 0. The first-order valence-corrected chi connectivity index (χ1v) is 7.42. The lowest BCUT2D eigenvalue weighted by molar-refractivity contribution is -0.137. The molecular formula is C18H16F3NO3. The van der Waals surface area contributed by atoms with E-state index in [9.17, 15) is 22.8 Å². The van der Waals surface area contributed by atoms with E-state index in [4.69, 9.17) is 4.74 Å². The van der Waals surface area contributed by atoms with Crippen LogP contribution in [0, 0.1) is 0 Å². The molecule has 2 aromatic rings. The first kappa shape index (κ1) is 18.5. The van der Waals surface area contributed by atoms with E-state index < -0.39 is 17.7 Å². The lowest BCUT2D eigenvalue weighted by Crippen LogP contribution is -2.18. The van der Waals surface area contributed by atoms with Crippen molar-refractivity contribution >= 4 is 11.9 Å². The average Bonchev–Trinajstić information content (AvgIpc) is 2.58. The van der Waals surface area contributed by atoms with Gasteiger partial charge in [0.25, 0.3) is 0 Å². The second-order valence-electron chi connectivity index (χ2n) is 5.38. The molecule has 4 nitrogen and oxygen atoms in total. The molecule has 0 saturated heterocycles. The van der Waals surface area contributed by atoms with Crippen LogP contribution in [0.2, 0.25) is 0 Å². The highest BCUT2D eigenvalue weighted by Crippen LogP contribution is 2.29. The molecule has 25 heavy (non-hydrogen) atoms. The molecule has 1 amide bonds. The monoisotopic (exact) mass is 351 g/mol. The molecule has 0 heterocycles. The third kappa shape index (κ3) is 5.63. The Labute approximate surface area is 142 Å². The minimum atomic E-state index is -4.39. The van der Waals surface area contributed by atoms with E-state index in [0.717, 1.165) is 17.7 Å². The van der Waals surface area contributed by atoms with Crippen molar-refractivity contribution in [2.45, 2.75) is 26.3 Å². The fourth-order valence-electron chi connectivity index (χ4n) is 2.01. The van der Waals surface area contributed by atoms with Crippen LogP contribution in [0.25, 0.3) is 0 Å². The SMILES string of the molecule is CC(=O)NCc1ccc(C(=O)OCc2ccc(C(F)(F)F)cc2)cc1. The minimum absolute atomic E-state index is 0.120. The minimum Gasteiger partial charge on any atom is -0.457 e. The predicted molar refractivity (Wildman–Crippen MR) is 84.5 cm³/mol. The third-order valence-electron chi connectivity index (χ3n) is 3.38. The van der Waals surface area contributed by atoms with Gasteiger partial charge < -0.3 is 10.1 Å². The number of hydrogen-bond donors (Lipinski definition) is 1. The molecule has 0 saturated carbocycles. The van der Waals surface area contributed by atoms with Crippen molar-refractivity contribution in [1.29, 1.82) is 0 Å². The molecular weight excluding hydrogens is 335 g/mol. The van der Waals surface area contributed by atoms with Gasteiger partial charge in [0, 0.05) is 13.5 Å². The molecule has 0 aliphatic carbocycles. The van der Waals surface area contributed by atoms with E-state index >= 15 is 0 Å². The maximum Gasteiger partial charge on any atom is 0.416 e. The van der Waals surface area contributed by atoms with Crippen molar-refractivity contribution in [3.8, 4) is 0 Å². The number of hydrogen-bond acceptors (Lipinski definition) is 3. The lowest BCUT2D eigenvalue weighted by Gasteiger charge is -2.09. The second kappa shape index (κ2) is 7.83. The van der Waals surface area contributed by atoms with Crippen molar-refractivity contribution in [1.82, 2.24) is 5.32 Å². The maximum atomic E-state index is 12.5. The number of nitrogens with one attached hydrogen (secondary N) is 1. The van der Waals surface area contributed by atoms with E-state index in [0.29, 0.717) is 17.7 Å². The standard InChI is InChI=1S/C18H16F3NO3/c1-12(23)22-10-13-2-6-15(7-3-13)17(24)25-11-14-4-8-16(9-5-14)18(19,20)21/h2-9H,10-11H2,1H3,(H,22,23). The van der Waals surface area contributed by atoms with Crippen LogP contribution in [0.5, 0.6) is 0 Å². The molecule has 0 aliphatic heterocycles. The van der Waals surface area contributed by atoms with Gasteiger partial charge in [-0.25, -0.2) is 4.79 Å². The maximum absolute atomic E-state index is 12.5. The van der Waals surface area contributed by atoms with Crippen molar-refractivity contribution in [3.05, 3.63) is 70.8 Å². The Balaban J connectivity index is 1.90. The van der Waals surface area contributed by atoms with Gasteiger partial charge in [-0.05, 0) is 35.4 Å². The lowest BCUT2D eigenvalue weighted by atomic mass is 10.1. The Morgan fingerprint density at radius 2 is 1.52 bits per heavy atom. The number of carbonyl (C=O) groups excluding carboxylic acids is 2.